The smallest absolute Gasteiger partial charge is 0.360 e. The summed E-state index contributed by atoms with van der Waals surface area (Å²) in [4.78, 5) is -0.137. The third kappa shape index (κ3) is 6.11. The lowest BCUT2D eigenvalue weighted by Gasteiger charge is -2.47. The highest BCUT2D eigenvalue weighted by atomic mass is 79.9. The minimum atomic E-state index is -4.54. The van der Waals surface area contributed by atoms with E-state index in [1.165, 1.54) is 4.31 Å². The monoisotopic (exact) mass is 655 g/mol. The Bertz CT molecular complexity index is 1470. The Kier molecular flexibility index (Phi) is 8.12. The summed E-state index contributed by atoms with van der Waals surface area (Å²) >= 11 is 3.54. The van der Waals surface area contributed by atoms with Gasteiger partial charge >= 0.3 is 6.18 Å². The van der Waals surface area contributed by atoms with Crippen LogP contribution in [0.4, 0.5) is 13.2 Å². The second-order valence-electron chi connectivity index (χ2n) is 11.8. The van der Waals surface area contributed by atoms with Crippen LogP contribution in [-0.4, -0.2) is 43.2 Å². The molecule has 0 saturated carbocycles. The first-order chi connectivity index (χ1) is 18.7. The third-order valence-corrected chi connectivity index (χ3v) is 12.0. The number of hydrogen-bond acceptors (Lipinski definition) is 4. The van der Waals surface area contributed by atoms with E-state index in [0.717, 1.165) is 51.6 Å². The van der Waals surface area contributed by atoms with Crippen molar-refractivity contribution < 1.29 is 26.3 Å². The summed E-state index contributed by atoms with van der Waals surface area (Å²) in [5.41, 5.74) is 2.05. The average Bonchev–Trinajstić information content (AvgIpc) is 3.27. The van der Waals surface area contributed by atoms with E-state index in [9.17, 15) is 21.6 Å². The first kappa shape index (κ1) is 29.5. The molecule has 3 aromatic rings. The minimum Gasteiger partial charge on any atom is -0.360 e. The molecule has 12 heteroatoms. The predicted molar refractivity (Wildman–Crippen MR) is 153 cm³/mol. The number of nitrogens with zero attached hydrogens (tertiary/aromatic N) is 3. The van der Waals surface area contributed by atoms with Gasteiger partial charge in [0.25, 0.3) is 0 Å². The maximum Gasteiger partial charge on any atom is 0.416 e. The van der Waals surface area contributed by atoms with E-state index in [2.05, 4.69) is 52.8 Å². The molecule has 0 spiro atoms. The molecule has 6 nitrogen and oxygen atoms in total. The molecule has 5 rings (SSSR count). The molecule has 2 aliphatic rings. The van der Waals surface area contributed by atoms with Crippen LogP contribution in [0.15, 0.2) is 64.1 Å². The Hall–Kier alpha value is -1.99. The fourth-order valence-corrected chi connectivity index (χ4v) is 8.70. The highest BCUT2D eigenvalue weighted by Crippen LogP contribution is 2.50. The number of alkyl halides is 3. The molecular weight excluding hydrogens is 623 g/mol. The summed E-state index contributed by atoms with van der Waals surface area (Å²) in [6.07, 6.45) is -1.22. The molecule has 0 radical (unpaired) electrons. The van der Waals surface area contributed by atoms with E-state index in [1.54, 1.807) is 6.20 Å². The topological polar surface area (TPSA) is 64.4 Å². The van der Waals surface area contributed by atoms with Gasteiger partial charge in [-0.2, -0.15) is 22.6 Å². The number of ether oxygens (including phenoxy) is 1. The molecule has 1 aromatic heterocycles. The van der Waals surface area contributed by atoms with Crippen molar-refractivity contribution in [3.8, 4) is 0 Å². The number of piperidine rings is 1. The quantitative estimate of drug-likeness (QED) is 0.190. The SMILES string of the molecule is C[Si](C)(C)CCOCn1ncc2c1CC1CC(c3cccc(Br)c3)CC2N1S(=O)(=O)c1ccc(C(F)(F)F)cc1. The van der Waals surface area contributed by atoms with Crippen molar-refractivity contribution in [2.45, 2.75) is 80.8 Å². The van der Waals surface area contributed by atoms with Crippen LogP contribution in [0.5, 0.6) is 0 Å². The fraction of sp³-hybridized carbons (Fsp3) is 0.464. The lowest BCUT2D eigenvalue weighted by Crippen LogP contribution is -2.51. The van der Waals surface area contributed by atoms with Gasteiger partial charge in [-0.05, 0) is 66.8 Å². The van der Waals surface area contributed by atoms with E-state index in [-0.39, 0.29) is 16.9 Å². The van der Waals surface area contributed by atoms with Gasteiger partial charge in [-0.25, -0.2) is 13.1 Å². The van der Waals surface area contributed by atoms with Crippen LogP contribution in [0.2, 0.25) is 25.7 Å². The number of aromatic nitrogens is 2. The molecule has 3 unspecified atom stereocenters. The Morgan fingerprint density at radius 2 is 1.82 bits per heavy atom. The third-order valence-electron chi connectivity index (χ3n) is 7.79. The van der Waals surface area contributed by atoms with Gasteiger partial charge in [-0.15, -0.1) is 0 Å². The summed E-state index contributed by atoms with van der Waals surface area (Å²) in [6.45, 7) is 7.83. The normalized spacial score (nSPS) is 21.8. The summed E-state index contributed by atoms with van der Waals surface area (Å²) in [7, 11) is -5.32. The van der Waals surface area contributed by atoms with Gasteiger partial charge in [0.05, 0.1) is 22.7 Å². The van der Waals surface area contributed by atoms with Gasteiger partial charge in [0.15, 0.2) is 0 Å². The van der Waals surface area contributed by atoms with E-state index >= 15 is 0 Å². The van der Waals surface area contributed by atoms with Crippen LogP contribution >= 0.6 is 15.9 Å². The van der Waals surface area contributed by atoms with E-state index in [4.69, 9.17) is 4.74 Å². The number of hydrogen-bond donors (Lipinski definition) is 0. The van der Waals surface area contributed by atoms with Crippen molar-refractivity contribution in [3.63, 3.8) is 0 Å². The molecule has 0 aliphatic carbocycles. The van der Waals surface area contributed by atoms with Crippen molar-refractivity contribution in [1.29, 1.82) is 0 Å². The zero-order valence-electron chi connectivity index (χ0n) is 22.7. The number of rotatable bonds is 8. The molecule has 1 saturated heterocycles. The molecule has 2 bridgehead atoms. The summed E-state index contributed by atoms with van der Waals surface area (Å²) in [6, 6.07) is 12.0. The summed E-state index contributed by atoms with van der Waals surface area (Å²) in [5.74, 6) is 0.121. The van der Waals surface area contributed by atoms with E-state index < -0.39 is 35.9 Å². The van der Waals surface area contributed by atoms with Crippen molar-refractivity contribution in [3.05, 3.63) is 81.6 Å². The van der Waals surface area contributed by atoms with Crippen molar-refractivity contribution in [2.75, 3.05) is 6.61 Å². The van der Waals surface area contributed by atoms with Gasteiger partial charge in [0.1, 0.15) is 6.73 Å². The van der Waals surface area contributed by atoms with Gasteiger partial charge in [0.2, 0.25) is 10.0 Å². The van der Waals surface area contributed by atoms with Gasteiger partial charge in [0, 0.05) is 42.9 Å². The molecular formula is C28H33BrF3N3O3SSi. The highest BCUT2D eigenvalue weighted by Gasteiger charge is 2.49. The largest absolute Gasteiger partial charge is 0.416 e. The van der Waals surface area contributed by atoms with Crippen LogP contribution < -0.4 is 0 Å². The lowest BCUT2D eigenvalue weighted by molar-refractivity contribution is -0.137. The molecule has 1 fully saturated rings. The van der Waals surface area contributed by atoms with Gasteiger partial charge < -0.3 is 4.74 Å². The van der Waals surface area contributed by atoms with Crippen LogP contribution in [0.3, 0.4) is 0 Å². The number of fused-ring (bicyclic) bond motifs is 4. The molecule has 216 valence electrons. The summed E-state index contributed by atoms with van der Waals surface area (Å²) < 4.78 is 77.6. The highest BCUT2D eigenvalue weighted by molar-refractivity contribution is 9.10. The Balaban J connectivity index is 1.47. The Morgan fingerprint density at radius 3 is 2.48 bits per heavy atom. The second kappa shape index (κ2) is 11.0. The Labute approximate surface area is 242 Å². The van der Waals surface area contributed by atoms with Crippen molar-refractivity contribution in [2.24, 2.45) is 0 Å². The zero-order chi connectivity index (χ0) is 28.9. The second-order valence-corrected chi connectivity index (χ2v) is 20.2. The fourth-order valence-electron chi connectivity index (χ4n) is 5.72. The number of halogens is 4. The number of benzene rings is 2. The first-order valence-corrected chi connectivity index (χ1v) is 19.3. The minimum absolute atomic E-state index is 0.121. The average molecular weight is 657 g/mol. The zero-order valence-corrected chi connectivity index (χ0v) is 26.1. The maximum absolute atomic E-state index is 14.0. The van der Waals surface area contributed by atoms with Gasteiger partial charge in [-0.3, -0.25) is 0 Å². The molecule has 3 atom stereocenters. The molecule has 0 amide bonds. The van der Waals surface area contributed by atoms with Crippen LogP contribution in [-0.2, 0) is 34.1 Å². The van der Waals surface area contributed by atoms with Crippen LogP contribution in [0.25, 0.3) is 0 Å². The summed E-state index contributed by atoms with van der Waals surface area (Å²) in [5, 5.41) is 4.58. The maximum atomic E-state index is 14.0. The first-order valence-electron chi connectivity index (χ1n) is 13.3. The van der Waals surface area contributed by atoms with Gasteiger partial charge in [-0.1, -0.05) is 47.7 Å². The van der Waals surface area contributed by atoms with Crippen LogP contribution in [0.1, 0.15) is 47.2 Å². The van der Waals surface area contributed by atoms with Crippen molar-refractivity contribution in [1.82, 2.24) is 14.1 Å². The molecule has 3 heterocycles. The molecule has 40 heavy (non-hydrogen) atoms. The molecule has 0 N–H and O–H groups in total. The van der Waals surface area contributed by atoms with E-state index in [1.807, 2.05) is 16.8 Å². The van der Waals surface area contributed by atoms with Crippen LogP contribution in [0, 0.1) is 0 Å². The predicted octanol–water partition coefficient (Wildman–Crippen LogP) is 7.21. The molecule has 2 aliphatic heterocycles. The lowest BCUT2D eigenvalue weighted by atomic mass is 9.76. The van der Waals surface area contributed by atoms with E-state index in [0.29, 0.717) is 32.6 Å². The standard InChI is InChI=1S/C28H33BrF3N3O3SSi/c1-40(2,3)12-11-38-18-34-26-16-23-14-20(19-5-4-6-22(29)13-19)15-27(25(26)17-33-34)35(23)39(36,37)24-9-7-21(8-10-24)28(30,31)32/h4-10,13,17,20,23,27H,11-12,14-16,18H2,1-3H3. The Morgan fingerprint density at radius 1 is 1.10 bits per heavy atom. The van der Waals surface area contributed by atoms with Crippen molar-refractivity contribution >= 4 is 34.0 Å². The molecule has 2 aromatic carbocycles. The number of sulfonamides is 1.